The number of halogens is 3. The molecular formula is C9H8ClF2NO2. The molecule has 0 fully saturated rings. The molecule has 0 unspecified atom stereocenters. The Labute approximate surface area is 90.0 Å². The quantitative estimate of drug-likeness (QED) is 0.740. The van der Waals surface area contributed by atoms with Gasteiger partial charge >= 0.3 is 5.97 Å². The molecule has 82 valence electrons. The first kappa shape index (κ1) is 11.8. The summed E-state index contributed by atoms with van der Waals surface area (Å²) in [4.78, 5) is 14.7. The molecule has 0 amide bonds. The molecule has 0 N–H and O–H groups in total. The van der Waals surface area contributed by atoms with Crippen molar-refractivity contribution in [2.45, 2.75) is 13.3 Å². The molecule has 1 aromatic rings. The Kier molecular flexibility index (Phi) is 3.57. The molecule has 0 bridgehead atoms. The molecule has 15 heavy (non-hydrogen) atoms. The smallest absolute Gasteiger partial charge is 0.356 e. The molecule has 0 radical (unpaired) electrons. The highest BCUT2D eigenvalue weighted by atomic mass is 35.5. The maximum Gasteiger partial charge on any atom is 0.356 e. The summed E-state index contributed by atoms with van der Waals surface area (Å²) in [5, 5.41) is 0.0701. The van der Waals surface area contributed by atoms with Gasteiger partial charge in [-0.2, -0.15) is 0 Å². The number of nitrogens with zero attached hydrogens (tertiary/aromatic N) is 1. The maximum absolute atomic E-state index is 12.4. The van der Waals surface area contributed by atoms with Crippen LogP contribution in [0.3, 0.4) is 0 Å². The predicted octanol–water partition coefficient (Wildman–Crippen LogP) is 2.77. The van der Waals surface area contributed by atoms with Gasteiger partial charge in [-0.3, -0.25) is 0 Å². The van der Waals surface area contributed by atoms with E-state index in [1.165, 1.54) is 6.92 Å². The summed E-state index contributed by atoms with van der Waals surface area (Å²) < 4.78 is 29.1. The first-order valence-corrected chi connectivity index (χ1v) is 4.38. The fourth-order valence-corrected chi connectivity index (χ4v) is 1.20. The van der Waals surface area contributed by atoms with Gasteiger partial charge in [0.05, 0.1) is 7.11 Å². The van der Waals surface area contributed by atoms with Gasteiger partial charge in [0.2, 0.25) is 0 Å². The third-order valence-corrected chi connectivity index (χ3v) is 2.22. The number of hydrogen-bond acceptors (Lipinski definition) is 3. The van der Waals surface area contributed by atoms with Crippen LogP contribution < -0.4 is 0 Å². The van der Waals surface area contributed by atoms with Crippen LogP contribution in [0.4, 0.5) is 8.78 Å². The van der Waals surface area contributed by atoms with Gasteiger partial charge in [-0.15, -0.1) is 0 Å². The average Bonchev–Trinajstić information content (AvgIpc) is 2.20. The normalized spacial score (nSPS) is 10.5. The summed E-state index contributed by atoms with van der Waals surface area (Å²) in [6, 6.07) is 1.04. The minimum atomic E-state index is -2.77. The minimum Gasteiger partial charge on any atom is -0.464 e. The van der Waals surface area contributed by atoms with E-state index in [-0.39, 0.29) is 10.7 Å². The minimum absolute atomic E-state index is 0.0701. The lowest BCUT2D eigenvalue weighted by Gasteiger charge is -2.07. The Morgan fingerprint density at radius 3 is 2.67 bits per heavy atom. The SMILES string of the molecule is COC(=O)c1nc(C(F)F)cc(Cl)c1C. The highest BCUT2D eigenvalue weighted by Gasteiger charge is 2.19. The summed E-state index contributed by atoms with van der Waals surface area (Å²) in [5.74, 6) is -0.781. The Morgan fingerprint density at radius 1 is 1.60 bits per heavy atom. The summed E-state index contributed by atoms with van der Waals surface area (Å²) in [7, 11) is 1.15. The zero-order chi connectivity index (χ0) is 11.6. The highest BCUT2D eigenvalue weighted by molar-refractivity contribution is 6.31. The molecule has 0 aromatic carbocycles. The molecule has 3 nitrogen and oxygen atoms in total. The van der Waals surface area contributed by atoms with Crippen LogP contribution in [0.5, 0.6) is 0 Å². The monoisotopic (exact) mass is 235 g/mol. The van der Waals surface area contributed by atoms with Gasteiger partial charge in [-0.1, -0.05) is 11.6 Å². The number of ether oxygens (including phenoxy) is 1. The lowest BCUT2D eigenvalue weighted by Crippen LogP contribution is -2.09. The third-order valence-electron chi connectivity index (χ3n) is 1.83. The van der Waals surface area contributed by atoms with E-state index < -0.39 is 18.1 Å². The molecule has 1 heterocycles. The van der Waals surface area contributed by atoms with Crippen molar-refractivity contribution in [1.82, 2.24) is 4.98 Å². The molecular weight excluding hydrogens is 228 g/mol. The second-order valence-corrected chi connectivity index (χ2v) is 3.20. The van der Waals surface area contributed by atoms with Gasteiger partial charge in [-0.05, 0) is 13.0 Å². The number of carbonyl (C=O) groups is 1. The highest BCUT2D eigenvalue weighted by Crippen LogP contribution is 2.25. The summed E-state index contributed by atoms with van der Waals surface area (Å²) >= 11 is 5.68. The zero-order valence-corrected chi connectivity index (χ0v) is 8.81. The molecule has 0 aliphatic carbocycles. The fourth-order valence-electron chi connectivity index (χ4n) is 1.00. The van der Waals surface area contributed by atoms with Crippen LogP contribution >= 0.6 is 11.6 Å². The summed E-state index contributed by atoms with van der Waals surface area (Å²) in [6.07, 6.45) is -2.77. The summed E-state index contributed by atoms with van der Waals surface area (Å²) in [6.45, 7) is 1.51. The third kappa shape index (κ3) is 2.41. The van der Waals surface area contributed by atoms with E-state index in [2.05, 4.69) is 9.72 Å². The van der Waals surface area contributed by atoms with Crippen molar-refractivity contribution in [2.24, 2.45) is 0 Å². The van der Waals surface area contributed by atoms with E-state index in [0.717, 1.165) is 13.2 Å². The van der Waals surface area contributed by atoms with Crippen molar-refractivity contribution >= 4 is 17.6 Å². The Hall–Kier alpha value is -1.23. The van der Waals surface area contributed by atoms with E-state index in [1.54, 1.807) is 0 Å². The largest absolute Gasteiger partial charge is 0.464 e. The van der Waals surface area contributed by atoms with Crippen molar-refractivity contribution in [3.63, 3.8) is 0 Å². The fraction of sp³-hybridized carbons (Fsp3) is 0.333. The number of rotatable bonds is 2. The van der Waals surface area contributed by atoms with Crippen LogP contribution in [0.25, 0.3) is 0 Å². The molecule has 6 heteroatoms. The molecule has 0 spiro atoms. The van der Waals surface area contributed by atoms with Gasteiger partial charge in [-0.25, -0.2) is 18.6 Å². The molecule has 1 rings (SSSR count). The number of aromatic nitrogens is 1. The van der Waals surface area contributed by atoms with Crippen molar-refractivity contribution in [2.75, 3.05) is 7.11 Å². The first-order chi connectivity index (χ1) is 6.97. The van der Waals surface area contributed by atoms with E-state index in [9.17, 15) is 13.6 Å². The molecule has 0 atom stereocenters. The van der Waals surface area contributed by atoms with Gasteiger partial charge in [0, 0.05) is 10.6 Å². The average molecular weight is 236 g/mol. The van der Waals surface area contributed by atoms with Crippen LogP contribution in [-0.2, 0) is 4.74 Å². The van der Waals surface area contributed by atoms with Crippen LogP contribution in [0, 0.1) is 6.92 Å². The predicted molar refractivity (Wildman–Crippen MR) is 50.3 cm³/mol. The van der Waals surface area contributed by atoms with Gasteiger partial charge < -0.3 is 4.74 Å². The second-order valence-electron chi connectivity index (χ2n) is 2.79. The van der Waals surface area contributed by atoms with Crippen molar-refractivity contribution in [3.05, 3.63) is 28.0 Å². The summed E-state index contributed by atoms with van der Waals surface area (Å²) in [5.41, 5.74) is -0.390. The van der Waals surface area contributed by atoms with Gasteiger partial charge in [0.1, 0.15) is 5.69 Å². The lowest BCUT2D eigenvalue weighted by molar-refractivity contribution is 0.0591. The number of alkyl halides is 2. The number of methoxy groups -OCH3 is 1. The Bertz CT molecular complexity index is 396. The van der Waals surface area contributed by atoms with Crippen LogP contribution in [0.2, 0.25) is 5.02 Å². The first-order valence-electron chi connectivity index (χ1n) is 4.01. The molecule has 1 aromatic heterocycles. The van der Waals surface area contributed by atoms with Crippen molar-refractivity contribution in [1.29, 1.82) is 0 Å². The van der Waals surface area contributed by atoms with Crippen LogP contribution in [-0.4, -0.2) is 18.1 Å². The van der Waals surface area contributed by atoms with E-state index in [4.69, 9.17) is 11.6 Å². The van der Waals surface area contributed by atoms with E-state index >= 15 is 0 Å². The van der Waals surface area contributed by atoms with E-state index in [0.29, 0.717) is 5.56 Å². The maximum atomic E-state index is 12.4. The second kappa shape index (κ2) is 4.53. The standard InChI is InChI=1S/C9H8ClF2NO2/c1-4-5(10)3-6(8(11)12)13-7(4)9(14)15-2/h3,8H,1-2H3. The van der Waals surface area contributed by atoms with Crippen LogP contribution in [0.15, 0.2) is 6.07 Å². The Balaban J connectivity index is 3.31. The molecule has 0 aliphatic rings. The number of carbonyl (C=O) groups excluding carboxylic acids is 1. The Morgan fingerprint density at radius 2 is 2.20 bits per heavy atom. The molecule has 0 saturated heterocycles. The van der Waals surface area contributed by atoms with Gasteiger partial charge in [0.15, 0.2) is 5.69 Å². The molecule has 0 saturated carbocycles. The van der Waals surface area contributed by atoms with Crippen LogP contribution in [0.1, 0.15) is 28.2 Å². The van der Waals surface area contributed by atoms with E-state index in [1.807, 2.05) is 0 Å². The van der Waals surface area contributed by atoms with Gasteiger partial charge in [0.25, 0.3) is 6.43 Å². The molecule has 0 aliphatic heterocycles. The number of pyridine rings is 1. The van der Waals surface area contributed by atoms with Crippen molar-refractivity contribution < 1.29 is 18.3 Å². The lowest BCUT2D eigenvalue weighted by atomic mass is 10.2. The zero-order valence-electron chi connectivity index (χ0n) is 8.05. The van der Waals surface area contributed by atoms with Crippen molar-refractivity contribution in [3.8, 4) is 0 Å². The number of esters is 1. The number of hydrogen-bond donors (Lipinski definition) is 0. The topological polar surface area (TPSA) is 39.2 Å².